The quantitative estimate of drug-likeness (QED) is 0.354. The molecule has 0 amide bonds. The maximum absolute atomic E-state index is 12.8. The van der Waals surface area contributed by atoms with Crippen LogP contribution in [0.4, 0.5) is 18.9 Å². The van der Waals surface area contributed by atoms with Gasteiger partial charge in [-0.15, -0.1) is 0 Å². The van der Waals surface area contributed by atoms with Crippen molar-refractivity contribution in [3.05, 3.63) is 80.3 Å². The molecule has 0 bridgehead atoms. The van der Waals surface area contributed by atoms with E-state index < -0.39 is 31.7 Å². The lowest BCUT2D eigenvalue weighted by Gasteiger charge is -2.14. The molecule has 0 radical (unpaired) electrons. The number of anilines is 1. The van der Waals surface area contributed by atoms with E-state index in [9.17, 15) is 21.6 Å². The average molecular weight is 541 g/mol. The van der Waals surface area contributed by atoms with Crippen LogP contribution in [0.1, 0.15) is 16.7 Å². The van der Waals surface area contributed by atoms with E-state index in [-0.39, 0.29) is 15.7 Å². The lowest BCUT2D eigenvalue weighted by molar-refractivity contribution is -0.137. The zero-order chi connectivity index (χ0) is 23.8. The van der Waals surface area contributed by atoms with E-state index in [1.54, 1.807) is 0 Å². The number of hydrogen-bond acceptors (Lipinski definition) is 3. The third kappa shape index (κ3) is 5.66. The van der Waals surface area contributed by atoms with E-state index in [1.807, 2.05) is 32.0 Å². The Bertz CT molecular complexity index is 1270. The van der Waals surface area contributed by atoms with Crippen LogP contribution in [-0.2, 0) is 16.2 Å². The third-order valence-electron chi connectivity index (χ3n) is 4.50. The van der Waals surface area contributed by atoms with Crippen molar-refractivity contribution in [3.63, 3.8) is 0 Å². The SMILES string of the molecule is Cc1ccc(Sc2c(Cl)cc(NS(=O)(=O)c3ccc(C(F)(F)F)cc3Cl)cc2Cl)cc1C. The number of hydrogen-bond donors (Lipinski definition) is 1. The molecular formula is C21H15Cl3F3NO2S2. The maximum atomic E-state index is 12.8. The first-order valence-corrected chi connectivity index (χ1v) is 12.3. The van der Waals surface area contributed by atoms with Crippen molar-refractivity contribution >= 4 is 62.3 Å². The Labute approximate surface area is 202 Å². The second-order valence-corrected chi connectivity index (χ2v) is 10.8. The summed E-state index contributed by atoms with van der Waals surface area (Å²) in [6, 6.07) is 10.6. The molecule has 0 saturated carbocycles. The molecule has 3 aromatic rings. The Morgan fingerprint density at radius 3 is 2.00 bits per heavy atom. The lowest BCUT2D eigenvalue weighted by atomic mass is 10.1. The van der Waals surface area contributed by atoms with Gasteiger partial charge < -0.3 is 0 Å². The van der Waals surface area contributed by atoms with E-state index >= 15 is 0 Å². The number of benzene rings is 3. The first-order chi connectivity index (χ1) is 14.8. The highest BCUT2D eigenvalue weighted by Crippen LogP contribution is 2.41. The van der Waals surface area contributed by atoms with Crippen LogP contribution in [0.15, 0.2) is 63.2 Å². The van der Waals surface area contributed by atoms with Crippen LogP contribution in [0, 0.1) is 13.8 Å². The van der Waals surface area contributed by atoms with E-state index in [0.29, 0.717) is 17.0 Å². The number of rotatable bonds is 5. The Morgan fingerprint density at radius 1 is 0.844 bits per heavy atom. The summed E-state index contributed by atoms with van der Waals surface area (Å²) in [5.41, 5.74) is 1.22. The van der Waals surface area contributed by atoms with Crippen molar-refractivity contribution in [1.29, 1.82) is 0 Å². The van der Waals surface area contributed by atoms with Gasteiger partial charge in [0.15, 0.2) is 0 Å². The van der Waals surface area contributed by atoms with Crippen molar-refractivity contribution in [1.82, 2.24) is 0 Å². The molecular weight excluding hydrogens is 526 g/mol. The summed E-state index contributed by atoms with van der Waals surface area (Å²) in [6.45, 7) is 3.97. The maximum Gasteiger partial charge on any atom is 0.416 e. The summed E-state index contributed by atoms with van der Waals surface area (Å²) < 4.78 is 66.1. The van der Waals surface area contributed by atoms with E-state index in [2.05, 4.69) is 4.72 Å². The molecule has 3 aromatic carbocycles. The lowest BCUT2D eigenvalue weighted by Crippen LogP contribution is -2.14. The Hall–Kier alpha value is -1.58. The summed E-state index contributed by atoms with van der Waals surface area (Å²) in [5, 5.41) is -0.152. The van der Waals surface area contributed by atoms with Gasteiger partial charge in [0.2, 0.25) is 0 Å². The van der Waals surface area contributed by atoms with Crippen LogP contribution in [0.2, 0.25) is 15.1 Å². The van der Waals surface area contributed by atoms with Crippen LogP contribution in [-0.4, -0.2) is 8.42 Å². The molecule has 0 saturated heterocycles. The highest BCUT2D eigenvalue weighted by molar-refractivity contribution is 7.99. The number of sulfonamides is 1. The molecule has 0 heterocycles. The molecule has 0 aliphatic heterocycles. The standard InChI is InChI=1S/C21H15Cl3F3NO2S2/c1-11-3-5-15(7-12(11)2)31-20-17(23)9-14(10-18(20)24)28-32(29,30)19-6-4-13(8-16(19)22)21(25,26)27/h3-10,28H,1-2H3. The van der Waals surface area contributed by atoms with Crippen molar-refractivity contribution in [2.24, 2.45) is 0 Å². The number of nitrogens with one attached hydrogen (secondary N) is 1. The van der Waals surface area contributed by atoms with E-state index in [4.69, 9.17) is 34.8 Å². The smallest absolute Gasteiger partial charge is 0.279 e. The minimum absolute atomic E-state index is 0.0420. The van der Waals surface area contributed by atoms with E-state index in [1.165, 1.54) is 23.9 Å². The number of alkyl halides is 3. The van der Waals surface area contributed by atoms with Gasteiger partial charge in [0.05, 0.1) is 26.3 Å². The van der Waals surface area contributed by atoms with E-state index in [0.717, 1.165) is 22.1 Å². The topological polar surface area (TPSA) is 46.2 Å². The molecule has 0 atom stereocenters. The van der Waals surface area contributed by atoms with Crippen molar-refractivity contribution in [2.45, 2.75) is 34.7 Å². The number of halogens is 6. The molecule has 0 fully saturated rings. The molecule has 170 valence electrons. The summed E-state index contributed by atoms with van der Waals surface area (Å²) in [4.78, 5) is 0.932. The normalized spacial score (nSPS) is 12.1. The number of aryl methyl sites for hydroxylation is 2. The third-order valence-corrected chi connectivity index (χ3v) is 8.32. The Kier molecular flexibility index (Phi) is 7.32. The van der Waals surface area contributed by atoms with Gasteiger partial charge in [0.1, 0.15) is 4.90 Å². The second-order valence-electron chi connectivity index (χ2n) is 6.87. The van der Waals surface area contributed by atoms with Gasteiger partial charge in [0.25, 0.3) is 10.0 Å². The minimum atomic E-state index is -4.65. The van der Waals surface area contributed by atoms with Crippen LogP contribution < -0.4 is 4.72 Å². The van der Waals surface area contributed by atoms with Crippen molar-refractivity contribution < 1.29 is 21.6 Å². The molecule has 0 unspecified atom stereocenters. The summed E-state index contributed by atoms with van der Waals surface area (Å²) in [5.74, 6) is 0. The Balaban J connectivity index is 1.88. The van der Waals surface area contributed by atoms with Gasteiger partial charge in [-0.05, 0) is 67.4 Å². The molecule has 0 aliphatic carbocycles. The summed E-state index contributed by atoms with van der Waals surface area (Å²) >= 11 is 19.8. The van der Waals surface area contributed by atoms with Gasteiger partial charge >= 0.3 is 6.18 Å². The van der Waals surface area contributed by atoms with Gasteiger partial charge in [0, 0.05) is 9.79 Å². The highest BCUT2D eigenvalue weighted by atomic mass is 35.5. The molecule has 11 heteroatoms. The van der Waals surface area contributed by atoms with Crippen LogP contribution in [0.25, 0.3) is 0 Å². The van der Waals surface area contributed by atoms with Gasteiger partial charge in [-0.2, -0.15) is 13.2 Å². The average Bonchev–Trinajstić information content (AvgIpc) is 2.66. The second kappa shape index (κ2) is 9.35. The molecule has 1 N–H and O–H groups in total. The van der Waals surface area contributed by atoms with Gasteiger partial charge in [-0.3, -0.25) is 4.72 Å². The zero-order valence-corrected chi connectivity index (χ0v) is 20.4. The zero-order valence-electron chi connectivity index (χ0n) is 16.5. The van der Waals surface area contributed by atoms with Crippen molar-refractivity contribution in [3.8, 4) is 0 Å². The molecule has 3 nitrogen and oxygen atoms in total. The monoisotopic (exact) mass is 539 g/mol. The van der Waals surface area contributed by atoms with Gasteiger partial charge in [-0.1, -0.05) is 52.6 Å². The minimum Gasteiger partial charge on any atom is -0.279 e. The van der Waals surface area contributed by atoms with Crippen molar-refractivity contribution in [2.75, 3.05) is 4.72 Å². The first kappa shape index (κ1) is 25.1. The highest BCUT2D eigenvalue weighted by Gasteiger charge is 2.32. The molecule has 0 aliphatic rings. The van der Waals surface area contributed by atoms with Crippen LogP contribution in [0.5, 0.6) is 0 Å². The fourth-order valence-corrected chi connectivity index (χ4v) is 5.94. The predicted octanol–water partition coefficient (Wildman–Crippen LogP) is 8.23. The summed E-state index contributed by atoms with van der Waals surface area (Å²) in [6.07, 6.45) is -4.65. The van der Waals surface area contributed by atoms with Crippen LogP contribution in [0.3, 0.4) is 0 Å². The molecule has 0 aromatic heterocycles. The predicted molar refractivity (Wildman–Crippen MR) is 124 cm³/mol. The van der Waals surface area contributed by atoms with Gasteiger partial charge in [-0.25, -0.2) is 8.42 Å². The largest absolute Gasteiger partial charge is 0.416 e. The summed E-state index contributed by atoms with van der Waals surface area (Å²) in [7, 11) is -4.30. The van der Waals surface area contributed by atoms with Crippen LogP contribution >= 0.6 is 46.6 Å². The molecule has 3 rings (SSSR count). The molecule has 32 heavy (non-hydrogen) atoms. The fourth-order valence-electron chi connectivity index (χ4n) is 2.72. The Morgan fingerprint density at radius 2 is 1.47 bits per heavy atom. The molecule has 0 spiro atoms. The first-order valence-electron chi connectivity index (χ1n) is 8.91. The fraction of sp³-hybridized carbons (Fsp3) is 0.143.